The average Bonchev–Trinajstić information content (AvgIpc) is 3.30. The fraction of sp³-hybridized carbons (Fsp3) is 0.348. The summed E-state index contributed by atoms with van der Waals surface area (Å²) in [5.74, 6) is 0.774. The van der Waals surface area contributed by atoms with Gasteiger partial charge in [-0.25, -0.2) is 0 Å². The molecule has 4 heterocycles. The van der Waals surface area contributed by atoms with Crippen molar-refractivity contribution >= 4 is 11.3 Å². The number of pyridine rings is 1. The van der Waals surface area contributed by atoms with Crippen LogP contribution in [0.25, 0.3) is 10.6 Å². The first-order chi connectivity index (χ1) is 14.7. The number of aliphatic hydroxyl groups excluding tert-OH is 1. The predicted octanol–water partition coefficient (Wildman–Crippen LogP) is 4.12. The molecule has 5 atom stereocenters. The molecule has 2 aliphatic rings. The van der Waals surface area contributed by atoms with Gasteiger partial charge in [0.15, 0.2) is 6.29 Å². The van der Waals surface area contributed by atoms with E-state index in [0.29, 0.717) is 13.0 Å². The molecule has 1 aromatic carbocycles. The summed E-state index contributed by atoms with van der Waals surface area (Å²) in [6.07, 6.45) is 0.0887. The maximum Gasteiger partial charge on any atom is 0.184 e. The van der Waals surface area contributed by atoms with Crippen molar-refractivity contribution in [1.82, 2.24) is 4.98 Å². The number of benzene rings is 1. The first kappa shape index (κ1) is 19.7. The van der Waals surface area contributed by atoms with Gasteiger partial charge in [0.1, 0.15) is 18.0 Å². The first-order valence-corrected chi connectivity index (χ1v) is 10.8. The van der Waals surface area contributed by atoms with Crippen LogP contribution >= 0.6 is 11.3 Å². The lowest BCUT2D eigenvalue weighted by Crippen LogP contribution is -2.53. The zero-order valence-corrected chi connectivity index (χ0v) is 17.3. The van der Waals surface area contributed by atoms with Crippen LogP contribution in [0.5, 0.6) is 5.75 Å². The van der Waals surface area contributed by atoms with Gasteiger partial charge in [0.25, 0.3) is 0 Å². The highest BCUT2D eigenvalue weighted by atomic mass is 32.1. The highest BCUT2D eigenvalue weighted by Gasteiger charge is 2.44. The third-order valence-electron chi connectivity index (χ3n) is 5.56. The van der Waals surface area contributed by atoms with E-state index < -0.39 is 18.5 Å². The van der Waals surface area contributed by atoms with E-state index in [0.717, 1.165) is 27.4 Å². The lowest BCUT2D eigenvalue weighted by atomic mass is 9.93. The van der Waals surface area contributed by atoms with Crippen molar-refractivity contribution in [1.29, 1.82) is 0 Å². The molecule has 0 saturated carbocycles. The van der Waals surface area contributed by atoms with Crippen molar-refractivity contribution < 1.29 is 24.1 Å². The van der Waals surface area contributed by atoms with Crippen molar-refractivity contribution in [3.63, 3.8) is 0 Å². The molecule has 0 aliphatic carbocycles. The second-order valence-corrected chi connectivity index (χ2v) is 8.34. The molecule has 0 unspecified atom stereocenters. The number of rotatable bonds is 4. The van der Waals surface area contributed by atoms with E-state index in [9.17, 15) is 5.11 Å². The maximum absolute atomic E-state index is 10.9. The number of hydrogen-bond donors (Lipinski definition) is 1. The van der Waals surface area contributed by atoms with Crippen LogP contribution in [0.3, 0.4) is 0 Å². The van der Waals surface area contributed by atoms with E-state index >= 15 is 0 Å². The van der Waals surface area contributed by atoms with Crippen LogP contribution < -0.4 is 4.74 Å². The van der Waals surface area contributed by atoms with Crippen LogP contribution in [0.1, 0.15) is 29.9 Å². The summed E-state index contributed by atoms with van der Waals surface area (Å²) in [6, 6.07) is 15.5. The maximum atomic E-state index is 10.9. The Kier molecular flexibility index (Phi) is 5.54. The predicted molar refractivity (Wildman–Crippen MR) is 112 cm³/mol. The standard InChI is InChI=1S/C23H23NO5S/c1-26-15-7-5-14(6-8-15)23-27-13-20-21(29-23)18(25)12-19(28-20)16-9-11-30-22(16)17-4-2-3-10-24-17/h2-11,18-21,23,25H,12-13H2,1H3/t18-,19-,20-,21+,23-/m1/s1. The largest absolute Gasteiger partial charge is 0.497 e. The molecule has 0 spiro atoms. The van der Waals surface area contributed by atoms with Crippen LogP contribution in [-0.2, 0) is 14.2 Å². The molecule has 30 heavy (non-hydrogen) atoms. The Morgan fingerprint density at radius 3 is 2.73 bits per heavy atom. The van der Waals surface area contributed by atoms with Crippen LogP contribution in [0, 0.1) is 0 Å². The van der Waals surface area contributed by atoms with Gasteiger partial charge in [0.2, 0.25) is 0 Å². The molecule has 5 rings (SSSR count). The summed E-state index contributed by atoms with van der Waals surface area (Å²) in [5.41, 5.74) is 2.85. The quantitative estimate of drug-likeness (QED) is 0.678. The van der Waals surface area contributed by atoms with E-state index in [4.69, 9.17) is 18.9 Å². The third kappa shape index (κ3) is 3.75. The zero-order chi connectivity index (χ0) is 20.5. The van der Waals surface area contributed by atoms with Crippen LogP contribution in [0.2, 0.25) is 0 Å². The van der Waals surface area contributed by atoms with E-state index in [1.54, 1.807) is 24.6 Å². The number of nitrogens with zero attached hydrogens (tertiary/aromatic N) is 1. The van der Waals surface area contributed by atoms with E-state index in [-0.39, 0.29) is 12.2 Å². The molecule has 0 bridgehead atoms. The monoisotopic (exact) mass is 425 g/mol. The number of ether oxygens (including phenoxy) is 4. The summed E-state index contributed by atoms with van der Waals surface area (Å²) in [4.78, 5) is 5.54. The molecular formula is C23H23NO5S. The topological polar surface area (TPSA) is 70.0 Å². The Balaban J connectivity index is 1.31. The fourth-order valence-electron chi connectivity index (χ4n) is 4.04. The van der Waals surface area contributed by atoms with Crippen LogP contribution in [0.15, 0.2) is 60.1 Å². The smallest absolute Gasteiger partial charge is 0.184 e. The summed E-state index contributed by atoms with van der Waals surface area (Å²) in [5, 5.41) is 12.9. The summed E-state index contributed by atoms with van der Waals surface area (Å²) in [6.45, 7) is 0.359. The minimum absolute atomic E-state index is 0.228. The van der Waals surface area contributed by atoms with Crippen molar-refractivity contribution in [2.24, 2.45) is 0 Å². The number of aliphatic hydroxyl groups is 1. The van der Waals surface area contributed by atoms with Crippen molar-refractivity contribution in [3.05, 3.63) is 71.2 Å². The molecule has 156 valence electrons. The third-order valence-corrected chi connectivity index (χ3v) is 6.51. The minimum Gasteiger partial charge on any atom is -0.497 e. The molecular weight excluding hydrogens is 402 g/mol. The normalized spacial score (nSPS) is 28.7. The fourth-order valence-corrected chi connectivity index (χ4v) is 4.96. The molecule has 2 aliphatic heterocycles. The summed E-state index contributed by atoms with van der Waals surface area (Å²) in [7, 11) is 1.63. The molecule has 1 N–H and O–H groups in total. The van der Waals surface area contributed by atoms with Gasteiger partial charge < -0.3 is 24.1 Å². The number of fused-ring (bicyclic) bond motifs is 1. The van der Waals surface area contributed by atoms with Crippen molar-refractivity contribution in [2.45, 2.75) is 37.1 Å². The Hall–Kier alpha value is -2.29. The van der Waals surface area contributed by atoms with Crippen molar-refractivity contribution in [2.75, 3.05) is 13.7 Å². The average molecular weight is 426 g/mol. The van der Waals surface area contributed by atoms with Crippen LogP contribution in [-0.4, -0.2) is 42.1 Å². The molecule has 2 fully saturated rings. The van der Waals surface area contributed by atoms with Gasteiger partial charge in [0, 0.05) is 23.7 Å². The molecule has 6 nitrogen and oxygen atoms in total. The number of aromatic nitrogens is 1. The van der Waals surface area contributed by atoms with Gasteiger partial charge in [-0.3, -0.25) is 4.98 Å². The van der Waals surface area contributed by atoms with Gasteiger partial charge in [-0.05, 0) is 35.7 Å². The second kappa shape index (κ2) is 8.45. The highest BCUT2D eigenvalue weighted by Crippen LogP contribution is 2.42. The van der Waals surface area contributed by atoms with Gasteiger partial charge in [-0.15, -0.1) is 11.3 Å². The van der Waals surface area contributed by atoms with Gasteiger partial charge in [-0.2, -0.15) is 0 Å². The second-order valence-electron chi connectivity index (χ2n) is 7.43. The first-order valence-electron chi connectivity index (χ1n) is 9.96. The summed E-state index contributed by atoms with van der Waals surface area (Å²) >= 11 is 1.63. The molecule has 0 amide bonds. The van der Waals surface area contributed by atoms with E-state index in [1.807, 2.05) is 47.8 Å². The lowest BCUT2D eigenvalue weighted by Gasteiger charge is -2.44. The zero-order valence-electron chi connectivity index (χ0n) is 16.5. The highest BCUT2D eigenvalue weighted by molar-refractivity contribution is 7.13. The molecule has 7 heteroatoms. The molecule has 3 aromatic rings. The lowest BCUT2D eigenvalue weighted by molar-refractivity contribution is -0.311. The molecule has 0 radical (unpaired) electrons. The van der Waals surface area contributed by atoms with E-state index in [2.05, 4.69) is 11.1 Å². The number of methoxy groups -OCH3 is 1. The Morgan fingerprint density at radius 2 is 1.97 bits per heavy atom. The number of hydrogen-bond acceptors (Lipinski definition) is 7. The summed E-state index contributed by atoms with van der Waals surface area (Å²) < 4.78 is 23.6. The Bertz CT molecular complexity index is 977. The van der Waals surface area contributed by atoms with E-state index in [1.165, 1.54) is 0 Å². The van der Waals surface area contributed by atoms with Gasteiger partial charge >= 0.3 is 0 Å². The number of thiophene rings is 1. The van der Waals surface area contributed by atoms with Crippen molar-refractivity contribution in [3.8, 4) is 16.3 Å². The van der Waals surface area contributed by atoms with Gasteiger partial charge in [-0.1, -0.05) is 18.2 Å². The SMILES string of the molecule is COc1ccc([C@@H]2OC[C@H]3O[C@@H](c4ccsc4-c4ccccn4)C[C@@H](O)[C@@H]3O2)cc1. The van der Waals surface area contributed by atoms with Gasteiger partial charge in [0.05, 0.1) is 36.5 Å². The Morgan fingerprint density at radius 1 is 1.10 bits per heavy atom. The Labute approximate surface area is 179 Å². The molecule has 2 aromatic heterocycles. The molecule has 2 saturated heterocycles. The van der Waals surface area contributed by atoms with Crippen LogP contribution in [0.4, 0.5) is 0 Å². The minimum atomic E-state index is -0.644.